The van der Waals surface area contributed by atoms with E-state index in [1.54, 1.807) is 0 Å². The lowest BCUT2D eigenvalue weighted by Gasteiger charge is -2.24. The zero-order chi connectivity index (χ0) is 18.8. The second-order valence-corrected chi connectivity index (χ2v) is 6.74. The fourth-order valence-electron chi connectivity index (χ4n) is 3.25. The minimum atomic E-state index is 0.953. The van der Waals surface area contributed by atoms with Crippen LogP contribution in [0.4, 0.5) is 11.6 Å². The molecule has 0 amide bonds. The zero-order valence-electron chi connectivity index (χ0n) is 16.9. The summed E-state index contributed by atoms with van der Waals surface area (Å²) in [5, 5.41) is 0. The highest BCUT2D eigenvalue weighted by atomic mass is 15.2. The van der Waals surface area contributed by atoms with Crippen LogP contribution in [0.3, 0.4) is 0 Å². The molecular formula is C22H34N4. The molecule has 142 valence electrons. The molecule has 0 unspecified atom stereocenters. The highest BCUT2D eigenvalue weighted by Crippen LogP contribution is 2.22. The van der Waals surface area contributed by atoms with E-state index in [4.69, 9.17) is 9.97 Å². The van der Waals surface area contributed by atoms with Crippen molar-refractivity contribution < 1.29 is 0 Å². The van der Waals surface area contributed by atoms with E-state index in [2.05, 4.69) is 73.9 Å². The summed E-state index contributed by atoms with van der Waals surface area (Å²) in [5.74, 6) is 2.11. The molecule has 0 aromatic carbocycles. The number of anilines is 2. The van der Waals surface area contributed by atoms with Gasteiger partial charge in [-0.2, -0.15) is 0 Å². The summed E-state index contributed by atoms with van der Waals surface area (Å²) in [4.78, 5) is 14.6. The molecule has 0 saturated heterocycles. The predicted molar refractivity (Wildman–Crippen MR) is 113 cm³/mol. The highest BCUT2D eigenvalue weighted by Gasteiger charge is 2.11. The molecule has 4 heteroatoms. The summed E-state index contributed by atoms with van der Waals surface area (Å²) >= 11 is 0. The van der Waals surface area contributed by atoms with Gasteiger partial charge < -0.3 is 9.80 Å². The quantitative estimate of drug-likeness (QED) is 0.541. The normalized spacial score (nSPS) is 10.8. The van der Waals surface area contributed by atoms with Gasteiger partial charge in [0.15, 0.2) is 0 Å². The smallest absolute Gasteiger partial charge is 0.129 e. The summed E-state index contributed by atoms with van der Waals surface area (Å²) < 4.78 is 0. The summed E-state index contributed by atoms with van der Waals surface area (Å²) in [6.07, 6.45) is 4.51. The maximum absolute atomic E-state index is 4.92. The van der Waals surface area contributed by atoms with E-state index in [9.17, 15) is 0 Å². The Morgan fingerprint density at radius 1 is 0.577 bits per heavy atom. The van der Waals surface area contributed by atoms with Crippen LogP contribution in [0.15, 0.2) is 36.4 Å². The highest BCUT2D eigenvalue weighted by molar-refractivity contribution is 5.60. The van der Waals surface area contributed by atoms with Gasteiger partial charge in [-0.1, -0.05) is 39.8 Å². The van der Waals surface area contributed by atoms with Gasteiger partial charge in [-0.3, -0.25) is 0 Å². The predicted octanol–water partition coefficient (Wildman–Crippen LogP) is 5.40. The lowest BCUT2D eigenvalue weighted by Crippen LogP contribution is -2.26. The Morgan fingerprint density at radius 3 is 1.23 bits per heavy atom. The van der Waals surface area contributed by atoms with Crippen LogP contribution in [-0.4, -0.2) is 36.1 Å². The van der Waals surface area contributed by atoms with Crippen molar-refractivity contribution >= 4 is 11.6 Å². The van der Waals surface area contributed by atoms with Crippen molar-refractivity contribution in [2.75, 3.05) is 36.0 Å². The van der Waals surface area contributed by atoms with Gasteiger partial charge in [0.2, 0.25) is 0 Å². The van der Waals surface area contributed by atoms with E-state index >= 15 is 0 Å². The molecule has 0 aliphatic carbocycles. The van der Waals surface area contributed by atoms with E-state index in [1.807, 2.05) is 0 Å². The van der Waals surface area contributed by atoms with Crippen LogP contribution in [-0.2, 0) is 0 Å². The number of aromatic nitrogens is 2. The molecule has 0 radical (unpaired) electrons. The summed E-state index contributed by atoms with van der Waals surface area (Å²) in [6, 6.07) is 12.5. The van der Waals surface area contributed by atoms with Crippen LogP contribution in [0.2, 0.25) is 0 Å². The van der Waals surface area contributed by atoms with Gasteiger partial charge in [-0.25, -0.2) is 9.97 Å². The first-order valence-electron chi connectivity index (χ1n) is 10.2. The van der Waals surface area contributed by atoms with E-state index in [0.29, 0.717) is 0 Å². The van der Waals surface area contributed by atoms with Crippen LogP contribution in [0.25, 0.3) is 11.4 Å². The molecule has 0 aliphatic rings. The van der Waals surface area contributed by atoms with Gasteiger partial charge in [0, 0.05) is 26.2 Å². The third kappa shape index (κ3) is 5.45. The third-order valence-electron chi connectivity index (χ3n) is 4.35. The molecule has 2 aromatic rings. The van der Waals surface area contributed by atoms with E-state index in [0.717, 1.165) is 74.9 Å². The molecule has 26 heavy (non-hydrogen) atoms. The Labute approximate surface area is 159 Å². The molecule has 2 aromatic heterocycles. The zero-order valence-corrected chi connectivity index (χ0v) is 16.9. The van der Waals surface area contributed by atoms with Gasteiger partial charge in [0.05, 0.1) is 11.4 Å². The van der Waals surface area contributed by atoms with E-state index in [-0.39, 0.29) is 0 Å². The van der Waals surface area contributed by atoms with Crippen LogP contribution in [0.5, 0.6) is 0 Å². The SMILES string of the molecule is CCCN(CCC)c1cccc(-c2cccc(N(CCC)CCC)n2)n1. The molecule has 0 N–H and O–H groups in total. The van der Waals surface area contributed by atoms with Crippen molar-refractivity contribution in [3.8, 4) is 11.4 Å². The third-order valence-corrected chi connectivity index (χ3v) is 4.35. The first kappa shape index (κ1) is 20.2. The van der Waals surface area contributed by atoms with Gasteiger partial charge in [0.1, 0.15) is 11.6 Å². The van der Waals surface area contributed by atoms with Crippen molar-refractivity contribution in [3.05, 3.63) is 36.4 Å². The lowest BCUT2D eigenvalue weighted by atomic mass is 10.2. The number of rotatable bonds is 11. The molecule has 0 fully saturated rings. The lowest BCUT2D eigenvalue weighted by molar-refractivity contribution is 0.733. The molecule has 0 aliphatic heterocycles. The fraction of sp³-hybridized carbons (Fsp3) is 0.545. The maximum Gasteiger partial charge on any atom is 0.129 e. The first-order valence-corrected chi connectivity index (χ1v) is 10.2. The number of pyridine rings is 2. The Bertz CT molecular complexity index is 587. The van der Waals surface area contributed by atoms with Crippen LogP contribution < -0.4 is 9.80 Å². The Morgan fingerprint density at radius 2 is 0.923 bits per heavy atom. The average molecular weight is 355 g/mol. The van der Waals surface area contributed by atoms with Crippen molar-refractivity contribution in [1.29, 1.82) is 0 Å². The van der Waals surface area contributed by atoms with Crippen molar-refractivity contribution in [3.63, 3.8) is 0 Å². The standard InChI is InChI=1S/C22H34N4/c1-5-15-25(16-6-2)21-13-9-11-19(23-21)20-12-10-14-22(24-20)26(17-7-3)18-8-4/h9-14H,5-8,15-18H2,1-4H3. The van der Waals surface area contributed by atoms with E-state index in [1.165, 1.54) is 0 Å². The molecule has 4 nitrogen and oxygen atoms in total. The summed E-state index contributed by atoms with van der Waals surface area (Å²) in [7, 11) is 0. The second kappa shape index (κ2) is 10.8. The van der Waals surface area contributed by atoms with Crippen molar-refractivity contribution in [2.24, 2.45) is 0 Å². The molecular weight excluding hydrogens is 320 g/mol. The second-order valence-electron chi connectivity index (χ2n) is 6.74. The average Bonchev–Trinajstić information content (AvgIpc) is 2.68. The fourth-order valence-corrected chi connectivity index (χ4v) is 3.25. The minimum absolute atomic E-state index is 0.953. The number of nitrogens with zero attached hydrogens (tertiary/aromatic N) is 4. The molecule has 0 saturated carbocycles. The largest absolute Gasteiger partial charge is 0.357 e. The monoisotopic (exact) mass is 354 g/mol. The van der Waals surface area contributed by atoms with Gasteiger partial charge >= 0.3 is 0 Å². The summed E-state index contributed by atoms with van der Waals surface area (Å²) in [6.45, 7) is 13.0. The molecule has 2 rings (SSSR count). The Balaban J connectivity index is 2.30. The van der Waals surface area contributed by atoms with Crippen LogP contribution in [0, 0.1) is 0 Å². The van der Waals surface area contributed by atoms with Crippen LogP contribution in [0.1, 0.15) is 53.4 Å². The first-order chi connectivity index (χ1) is 12.7. The molecule has 2 heterocycles. The molecule has 0 spiro atoms. The number of hydrogen-bond donors (Lipinski definition) is 0. The van der Waals surface area contributed by atoms with Crippen molar-refractivity contribution in [2.45, 2.75) is 53.4 Å². The summed E-state index contributed by atoms with van der Waals surface area (Å²) in [5.41, 5.74) is 1.91. The van der Waals surface area contributed by atoms with Gasteiger partial charge in [0.25, 0.3) is 0 Å². The van der Waals surface area contributed by atoms with E-state index < -0.39 is 0 Å². The van der Waals surface area contributed by atoms with Crippen molar-refractivity contribution in [1.82, 2.24) is 9.97 Å². The molecule has 0 bridgehead atoms. The molecule has 0 atom stereocenters. The number of hydrogen-bond acceptors (Lipinski definition) is 4. The van der Waals surface area contributed by atoms with Gasteiger partial charge in [-0.15, -0.1) is 0 Å². The maximum atomic E-state index is 4.92. The van der Waals surface area contributed by atoms with Crippen LogP contribution >= 0.6 is 0 Å². The Kier molecular flexibility index (Phi) is 8.39. The Hall–Kier alpha value is -2.10. The topological polar surface area (TPSA) is 32.3 Å². The minimum Gasteiger partial charge on any atom is -0.357 e. The van der Waals surface area contributed by atoms with Gasteiger partial charge in [-0.05, 0) is 49.9 Å².